The van der Waals surface area contributed by atoms with E-state index in [0.29, 0.717) is 19.0 Å². The maximum atomic E-state index is 7.19. The Morgan fingerprint density at radius 1 is 1.50 bits per heavy atom. The standard InChI is InChI=1S/C6H10N2O2/c1-8-4-5-6(7)10-3-2-9-5/h4,7-8H,2-3H2,1H3/b5-4+,7-6?. The van der Waals surface area contributed by atoms with Crippen LogP contribution in [0.1, 0.15) is 0 Å². The van der Waals surface area contributed by atoms with Crippen molar-refractivity contribution >= 4 is 5.90 Å². The summed E-state index contributed by atoms with van der Waals surface area (Å²) in [6.07, 6.45) is 1.60. The van der Waals surface area contributed by atoms with Crippen molar-refractivity contribution in [3.8, 4) is 0 Å². The Balaban J connectivity index is 2.56. The molecule has 0 aromatic rings. The van der Waals surface area contributed by atoms with E-state index in [1.807, 2.05) is 0 Å². The van der Waals surface area contributed by atoms with Crippen molar-refractivity contribution in [2.75, 3.05) is 20.3 Å². The summed E-state index contributed by atoms with van der Waals surface area (Å²) in [5, 5.41) is 9.95. The van der Waals surface area contributed by atoms with Crippen molar-refractivity contribution in [2.24, 2.45) is 0 Å². The molecule has 0 aromatic heterocycles. The lowest BCUT2D eigenvalue weighted by molar-refractivity contribution is 0.115. The molecule has 1 aliphatic rings. The highest BCUT2D eigenvalue weighted by Gasteiger charge is 2.12. The fourth-order valence-electron chi connectivity index (χ4n) is 0.670. The smallest absolute Gasteiger partial charge is 0.251 e. The second-order valence-corrected chi connectivity index (χ2v) is 1.82. The normalized spacial score (nSPS) is 21.7. The van der Waals surface area contributed by atoms with E-state index in [2.05, 4.69) is 5.32 Å². The van der Waals surface area contributed by atoms with E-state index >= 15 is 0 Å². The highest BCUT2D eigenvalue weighted by Crippen LogP contribution is 2.04. The molecule has 0 atom stereocenters. The number of hydrogen-bond donors (Lipinski definition) is 2. The summed E-state index contributed by atoms with van der Waals surface area (Å²) in [7, 11) is 1.75. The summed E-state index contributed by atoms with van der Waals surface area (Å²) in [5.41, 5.74) is 0. The van der Waals surface area contributed by atoms with Gasteiger partial charge < -0.3 is 14.8 Å². The summed E-state index contributed by atoms with van der Waals surface area (Å²) in [5.74, 6) is 0.564. The highest BCUT2D eigenvalue weighted by atomic mass is 16.6. The first-order valence-corrected chi connectivity index (χ1v) is 3.06. The largest absolute Gasteiger partial charge is 0.483 e. The minimum atomic E-state index is 0.0978. The Kier molecular flexibility index (Phi) is 2.15. The first-order valence-electron chi connectivity index (χ1n) is 3.06. The van der Waals surface area contributed by atoms with Crippen LogP contribution in [0.5, 0.6) is 0 Å². The summed E-state index contributed by atoms with van der Waals surface area (Å²) >= 11 is 0. The second kappa shape index (κ2) is 3.10. The Hall–Kier alpha value is -1.19. The zero-order valence-electron chi connectivity index (χ0n) is 5.81. The number of ether oxygens (including phenoxy) is 2. The lowest BCUT2D eigenvalue weighted by Crippen LogP contribution is -2.22. The van der Waals surface area contributed by atoms with E-state index in [9.17, 15) is 0 Å². The molecule has 10 heavy (non-hydrogen) atoms. The Morgan fingerprint density at radius 2 is 2.20 bits per heavy atom. The Morgan fingerprint density at radius 3 is 2.80 bits per heavy atom. The van der Waals surface area contributed by atoms with Crippen LogP contribution in [0.15, 0.2) is 12.0 Å². The van der Waals surface area contributed by atoms with E-state index in [1.54, 1.807) is 13.2 Å². The van der Waals surface area contributed by atoms with E-state index in [-0.39, 0.29) is 5.90 Å². The molecule has 0 radical (unpaired) electrons. The van der Waals surface area contributed by atoms with E-state index in [0.717, 1.165) is 0 Å². The molecule has 1 saturated heterocycles. The van der Waals surface area contributed by atoms with Gasteiger partial charge in [-0.2, -0.15) is 0 Å². The molecule has 0 amide bonds. The fourth-order valence-corrected chi connectivity index (χ4v) is 0.670. The molecular weight excluding hydrogens is 132 g/mol. The monoisotopic (exact) mass is 142 g/mol. The third-order valence-corrected chi connectivity index (χ3v) is 1.09. The zero-order chi connectivity index (χ0) is 7.40. The van der Waals surface area contributed by atoms with Crippen LogP contribution in [0.3, 0.4) is 0 Å². The molecule has 1 heterocycles. The van der Waals surface area contributed by atoms with Gasteiger partial charge in [0.05, 0.1) is 0 Å². The van der Waals surface area contributed by atoms with Crippen LogP contribution in [0.2, 0.25) is 0 Å². The van der Waals surface area contributed by atoms with Crippen LogP contribution in [0.4, 0.5) is 0 Å². The molecule has 0 bridgehead atoms. The third-order valence-electron chi connectivity index (χ3n) is 1.09. The lowest BCUT2D eigenvalue weighted by Gasteiger charge is -2.17. The Labute approximate surface area is 59.3 Å². The molecular formula is C6H10N2O2. The highest BCUT2D eigenvalue weighted by molar-refractivity contribution is 5.89. The quantitative estimate of drug-likeness (QED) is 0.544. The summed E-state index contributed by atoms with van der Waals surface area (Å²) < 4.78 is 9.97. The van der Waals surface area contributed by atoms with Crippen LogP contribution in [0, 0.1) is 5.41 Å². The van der Waals surface area contributed by atoms with Crippen LogP contribution >= 0.6 is 0 Å². The molecule has 0 spiro atoms. The molecule has 1 aliphatic heterocycles. The van der Waals surface area contributed by atoms with Gasteiger partial charge in [0.15, 0.2) is 5.76 Å². The number of rotatable bonds is 1. The van der Waals surface area contributed by atoms with Crippen molar-refractivity contribution < 1.29 is 9.47 Å². The predicted octanol–water partition coefficient (Wildman–Crippen LogP) is 0.0713. The number of nitrogens with one attached hydrogen (secondary N) is 2. The maximum absolute atomic E-state index is 7.19. The summed E-state index contributed by atoms with van der Waals surface area (Å²) in [6, 6.07) is 0. The van der Waals surface area contributed by atoms with E-state index in [4.69, 9.17) is 14.9 Å². The van der Waals surface area contributed by atoms with Crippen LogP contribution in [0.25, 0.3) is 0 Å². The third kappa shape index (κ3) is 1.40. The topological polar surface area (TPSA) is 54.3 Å². The summed E-state index contributed by atoms with van der Waals surface area (Å²) in [4.78, 5) is 0. The SMILES string of the molecule is CN/C=C1/OCCOC1=N. The molecule has 1 rings (SSSR count). The van der Waals surface area contributed by atoms with Gasteiger partial charge in [0.1, 0.15) is 13.2 Å². The van der Waals surface area contributed by atoms with Crippen molar-refractivity contribution in [1.82, 2.24) is 5.32 Å². The van der Waals surface area contributed by atoms with Crippen molar-refractivity contribution in [1.29, 1.82) is 5.41 Å². The van der Waals surface area contributed by atoms with Gasteiger partial charge in [-0.1, -0.05) is 0 Å². The van der Waals surface area contributed by atoms with Gasteiger partial charge in [-0.25, -0.2) is 0 Å². The zero-order valence-corrected chi connectivity index (χ0v) is 5.81. The molecule has 4 heteroatoms. The second-order valence-electron chi connectivity index (χ2n) is 1.82. The van der Waals surface area contributed by atoms with Crippen LogP contribution in [-0.2, 0) is 9.47 Å². The van der Waals surface area contributed by atoms with Gasteiger partial charge in [0, 0.05) is 13.2 Å². The minimum Gasteiger partial charge on any atom is -0.483 e. The average molecular weight is 142 g/mol. The van der Waals surface area contributed by atoms with E-state index in [1.165, 1.54) is 0 Å². The van der Waals surface area contributed by atoms with Crippen molar-refractivity contribution in [3.63, 3.8) is 0 Å². The maximum Gasteiger partial charge on any atom is 0.251 e. The van der Waals surface area contributed by atoms with Crippen molar-refractivity contribution in [2.45, 2.75) is 0 Å². The van der Waals surface area contributed by atoms with Gasteiger partial charge >= 0.3 is 0 Å². The molecule has 0 unspecified atom stereocenters. The molecule has 56 valence electrons. The molecule has 0 aliphatic carbocycles. The summed E-state index contributed by atoms with van der Waals surface area (Å²) in [6.45, 7) is 0.996. The van der Waals surface area contributed by atoms with Crippen molar-refractivity contribution in [3.05, 3.63) is 12.0 Å². The van der Waals surface area contributed by atoms with Gasteiger partial charge in [0.25, 0.3) is 5.90 Å². The van der Waals surface area contributed by atoms with Gasteiger partial charge in [-0.15, -0.1) is 0 Å². The van der Waals surface area contributed by atoms with E-state index < -0.39 is 0 Å². The Bertz CT molecular complexity index is 165. The van der Waals surface area contributed by atoms with Gasteiger partial charge in [-0.3, -0.25) is 5.41 Å². The van der Waals surface area contributed by atoms with Crippen LogP contribution < -0.4 is 5.32 Å². The molecule has 0 saturated carbocycles. The number of hydrogen-bond acceptors (Lipinski definition) is 4. The molecule has 4 nitrogen and oxygen atoms in total. The fraction of sp³-hybridized carbons (Fsp3) is 0.500. The van der Waals surface area contributed by atoms with Gasteiger partial charge in [0.2, 0.25) is 0 Å². The molecule has 0 aromatic carbocycles. The minimum absolute atomic E-state index is 0.0978. The molecule has 1 fully saturated rings. The first kappa shape index (κ1) is 6.92. The lowest BCUT2D eigenvalue weighted by atomic mass is 10.5. The van der Waals surface area contributed by atoms with Gasteiger partial charge in [-0.05, 0) is 0 Å². The first-order chi connectivity index (χ1) is 4.84. The van der Waals surface area contributed by atoms with Crippen LogP contribution in [-0.4, -0.2) is 26.2 Å². The predicted molar refractivity (Wildman–Crippen MR) is 36.8 cm³/mol. The molecule has 2 N–H and O–H groups in total. The average Bonchev–Trinajstić information content (AvgIpc) is 1.94.